The molecule has 1 aromatic carbocycles. The number of benzene rings is 1. The van der Waals surface area contributed by atoms with Crippen molar-refractivity contribution in [3.63, 3.8) is 0 Å². The third-order valence-corrected chi connectivity index (χ3v) is 12.7. The number of hydrogen-bond donors (Lipinski definition) is 0. The standard InChI is InChI=1S/C36H55N5O6P2/c1-5-44-48(42,45-6-2)40-25-14-10-9-11-16-34-18-15-19-36(38-34)30-39(26-27-40)28-32-20-22-33(23-21-32)29-41(31-35-17-12-13-24-37-35)49(43,46-7-3)47-8-4/h12-13,15,17-24H,5-11,14,16,25-31H2,1-4H3. The maximum absolute atomic E-state index is 13.9. The van der Waals surface area contributed by atoms with Crippen LogP contribution >= 0.6 is 15.5 Å². The van der Waals surface area contributed by atoms with Crippen molar-refractivity contribution in [3.05, 3.63) is 95.1 Å². The normalized spacial score (nSPS) is 16.1. The summed E-state index contributed by atoms with van der Waals surface area (Å²) in [7, 11) is -6.98. The molecule has 2 aromatic heterocycles. The van der Waals surface area contributed by atoms with Gasteiger partial charge < -0.3 is 0 Å². The number of hydrogen-bond acceptors (Lipinski definition) is 9. The fourth-order valence-corrected chi connectivity index (χ4v) is 9.43. The van der Waals surface area contributed by atoms with Crippen molar-refractivity contribution in [2.75, 3.05) is 46.1 Å². The molecule has 3 heterocycles. The van der Waals surface area contributed by atoms with Crippen LogP contribution in [0.4, 0.5) is 0 Å². The molecule has 3 aromatic rings. The maximum Gasteiger partial charge on any atom is 0.408 e. The van der Waals surface area contributed by atoms with Gasteiger partial charge in [-0.05, 0) is 82.3 Å². The van der Waals surface area contributed by atoms with E-state index in [0.29, 0.717) is 59.0 Å². The van der Waals surface area contributed by atoms with Gasteiger partial charge in [0.25, 0.3) is 0 Å². The zero-order chi connectivity index (χ0) is 35.0. The van der Waals surface area contributed by atoms with E-state index in [9.17, 15) is 9.13 Å². The Bertz CT molecular complexity index is 1460. The van der Waals surface area contributed by atoms with Crippen LogP contribution < -0.4 is 0 Å². The third kappa shape index (κ3) is 12.5. The molecule has 2 bridgehead atoms. The van der Waals surface area contributed by atoms with Crippen LogP contribution in [0, 0.1) is 0 Å². The molecule has 0 unspecified atom stereocenters. The van der Waals surface area contributed by atoms with Gasteiger partial charge in [0.15, 0.2) is 0 Å². The molecule has 0 spiro atoms. The van der Waals surface area contributed by atoms with Crippen molar-refractivity contribution in [1.82, 2.24) is 24.2 Å². The Morgan fingerprint density at radius 1 is 0.694 bits per heavy atom. The van der Waals surface area contributed by atoms with Gasteiger partial charge in [-0.3, -0.25) is 33.0 Å². The predicted octanol–water partition coefficient (Wildman–Crippen LogP) is 8.26. The molecular weight excluding hydrogens is 660 g/mol. The first-order chi connectivity index (χ1) is 23.8. The molecule has 0 saturated carbocycles. The summed E-state index contributed by atoms with van der Waals surface area (Å²) in [6, 6.07) is 20.3. The molecule has 13 heteroatoms. The Kier molecular flexibility index (Phi) is 16.5. The van der Waals surface area contributed by atoms with Gasteiger partial charge in [0.2, 0.25) is 0 Å². The molecule has 1 aliphatic rings. The van der Waals surface area contributed by atoms with E-state index >= 15 is 0 Å². The topological polar surface area (TPSA) is 107 Å². The molecule has 0 aliphatic carbocycles. The van der Waals surface area contributed by atoms with Gasteiger partial charge >= 0.3 is 15.5 Å². The van der Waals surface area contributed by atoms with Crippen LogP contribution in [0.1, 0.15) is 81.6 Å². The number of pyridine rings is 2. The van der Waals surface area contributed by atoms with Crippen LogP contribution in [0.3, 0.4) is 0 Å². The number of rotatable bonds is 16. The highest BCUT2D eigenvalue weighted by atomic mass is 31.2. The zero-order valence-corrected chi connectivity index (χ0v) is 31.5. The molecule has 0 N–H and O–H groups in total. The molecule has 0 radical (unpaired) electrons. The Morgan fingerprint density at radius 3 is 2.04 bits per heavy atom. The monoisotopic (exact) mass is 715 g/mol. The summed E-state index contributed by atoms with van der Waals surface area (Å²) >= 11 is 0. The summed E-state index contributed by atoms with van der Waals surface area (Å²) in [4.78, 5) is 11.8. The SMILES string of the molecule is CCOP(=O)(OCC)N1CCCCCCc2cccc(n2)CN(Cc2ccc(CN(Cc3ccccn3)P(=O)(OCC)OCC)cc2)CC1. The van der Waals surface area contributed by atoms with E-state index in [1.807, 2.05) is 50.6 Å². The highest BCUT2D eigenvalue weighted by Gasteiger charge is 2.34. The zero-order valence-electron chi connectivity index (χ0n) is 29.7. The number of aromatic nitrogens is 2. The van der Waals surface area contributed by atoms with Crippen molar-refractivity contribution < 1.29 is 27.2 Å². The molecule has 0 saturated heterocycles. The molecule has 0 fully saturated rings. The first-order valence-corrected chi connectivity index (χ1v) is 20.7. The van der Waals surface area contributed by atoms with Crippen molar-refractivity contribution >= 4 is 15.5 Å². The molecule has 270 valence electrons. The lowest BCUT2D eigenvalue weighted by atomic mass is 10.1. The Morgan fingerprint density at radius 2 is 1.37 bits per heavy atom. The van der Waals surface area contributed by atoms with Gasteiger partial charge in [-0.1, -0.05) is 49.2 Å². The second-order valence-electron chi connectivity index (χ2n) is 12.0. The highest BCUT2D eigenvalue weighted by Crippen LogP contribution is 2.53. The van der Waals surface area contributed by atoms with Crippen LogP contribution in [0.15, 0.2) is 66.9 Å². The van der Waals surface area contributed by atoms with Crippen LogP contribution in [0.25, 0.3) is 0 Å². The quantitative estimate of drug-likeness (QED) is 0.134. The minimum absolute atomic E-state index is 0.268. The van der Waals surface area contributed by atoms with Gasteiger partial charge in [-0.15, -0.1) is 0 Å². The molecular formula is C36H55N5O6P2. The third-order valence-electron chi connectivity index (χ3n) is 8.25. The van der Waals surface area contributed by atoms with E-state index in [-0.39, 0.29) is 13.2 Å². The summed E-state index contributed by atoms with van der Waals surface area (Å²) in [5.41, 5.74) is 5.03. The lowest BCUT2D eigenvalue weighted by molar-refractivity contribution is 0.153. The maximum atomic E-state index is 13.9. The van der Waals surface area contributed by atoms with E-state index < -0.39 is 15.5 Å². The van der Waals surface area contributed by atoms with Crippen molar-refractivity contribution in [3.8, 4) is 0 Å². The van der Waals surface area contributed by atoms with Gasteiger partial charge in [0.1, 0.15) is 0 Å². The van der Waals surface area contributed by atoms with Crippen molar-refractivity contribution in [1.29, 1.82) is 0 Å². The fraction of sp³-hybridized carbons (Fsp3) is 0.556. The summed E-state index contributed by atoms with van der Waals surface area (Å²) in [6.45, 7) is 12.4. The van der Waals surface area contributed by atoms with Gasteiger partial charge in [-0.2, -0.15) is 4.67 Å². The molecule has 0 amide bonds. The molecule has 0 atom stereocenters. The summed E-state index contributed by atoms with van der Waals surface area (Å²) < 4.78 is 54.5. The van der Waals surface area contributed by atoms with Crippen LogP contribution in [-0.4, -0.2) is 70.3 Å². The first-order valence-electron chi connectivity index (χ1n) is 17.7. The Labute approximate surface area is 293 Å². The molecule has 49 heavy (non-hydrogen) atoms. The Hall–Kier alpha value is -2.30. The lowest BCUT2D eigenvalue weighted by Crippen LogP contribution is -2.35. The fourth-order valence-electron chi connectivity index (χ4n) is 5.95. The van der Waals surface area contributed by atoms with Gasteiger partial charge in [0.05, 0.1) is 44.4 Å². The second-order valence-corrected chi connectivity index (χ2v) is 16.1. The minimum atomic E-state index is -3.56. The largest absolute Gasteiger partial charge is 0.408 e. The summed E-state index contributed by atoms with van der Waals surface area (Å²) in [5.74, 6) is 0. The Balaban J connectivity index is 1.56. The lowest BCUT2D eigenvalue weighted by Gasteiger charge is -2.32. The van der Waals surface area contributed by atoms with Crippen LogP contribution in [0.2, 0.25) is 0 Å². The smallest absolute Gasteiger partial charge is 0.297 e. The number of fused-ring (bicyclic) bond motifs is 2. The number of nitrogens with zero attached hydrogens (tertiary/aromatic N) is 5. The van der Waals surface area contributed by atoms with Crippen molar-refractivity contribution in [2.24, 2.45) is 0 Å². The molecule has 11 nitrogen and oxygen atoms in total. The second kappa shape index (κ2) is 20.5. The van der Waals surface area contributed by atoms with E-state index in [1.165, 1.54) is 0 Å². The summed E-state index contributed by atoms with van der Waals surface area (Å²) in [6.07, 6.45) is 6.83. The van der Waals surface area contributed by atoms with Crippen LogP contribution in [-0.2, 0) is 59.8 Å². The first kappa shape index (κ1) is 39.5. The van der Waals surface area contributed by atoms with Gasteiger partial charge in [-0.25, -0.2) is 13.8 Å². The van der Waals surface area contributed by atoms with Crippen molar-refractivity contribution in [2.45, 2.75) is 86.0 Å². The summed E-state index contributed by atoms with van der Waals surface area (Å²) in [5, 5.41) is 0. The number of aryl methyl sites for hydroxylation is 1. The van der Waals surface area contributed by atoms with E-state index in [2.05, 4.69) is 52.3 Å². The van der Waals surface area contributed by atoms with Gasteiger partial charge in [0, 0.05) is 51.2 Å². The minimum Gasteiger partial charge on any atom is -0.297 e. The molecule has 4 rings (SSSR count). The average molecular weight is 716 g/mol. The average Bonchev–Trinajstić information content (AvgIpc) is 3.08. The predicted molar refractivity (Wildman–Crippen MR) is 194 cm³/mol. The highest BCUT2D eigenvalue weighted by molar-refractivity contribution is 7.51. The van der Waals surface area contributed by atoms with E-state index in [4.69, 9.17) is 23.1 Å². The van der Waals surface area contributed by atoms with E-state index in [0.717, 1.165) is 60.3 Å². The van der Waals surface area contributed by atoms with Crippen LogP contribution in [0.5, 0.6) is 0 Å². The van der Waals surface area contributed by atoms with E-state index in [1.54, 1.807) is 10.9 Å². The molecule has 1 aliphatic heterocycles.